The van der Waals surface area contributed by atoms with Crippen LogP contribution in [0.3, 0.4) is 0 Å². The molecule has 0 aliphatic rings. The third-order valence-electron chi connectivity index (χ3n) is 2.99. The predicted octanol–water partition coefficient (Wildman–Crippen LogP) is 3.01. The molecule has 0 spiro atoms. The molecule has 1 aromatic rings. The highest BCUT2D eigenvalue weighted by Crippen LogP contribution is 2.27. The first-order chi connectivity index (χ1) is 8.60. The lowest BCUT2D eigenvalue weighted by Crippen LogP contribution is -2.24. The number of aryl methyl sites for hydroxylation is 1. The number of ether oxygens (including phenoxy) is 1. The molecule has 1 rings (SSSR count). The zero-order valence-electron chi connectivity index (χ0n) is 11.3. The van der Waals surface area contributed by atoms with Gasteiger partial charge in [-0.05, 0) is 25.8 Å². The van der Waals surface area contributed by atoms with Gasteiger partial charge >= 0.3 is 5.97 Å². The van der Waals surface area contributed by atoms with E-state index in [1.807, 2.05) is 38.1 Å². The second kappa shape index (κ2) is 7.17. The Hall–Kier alpha value is -1.35. The van der Waals surface area contributed by atoms with Gasteiger partial charge < -0.3 is 9.84 Å². The molecule has 0 saturated carbocycles. The molecule has 0 fully saturated rings. The minimum atomic E-state index is -0.787. The fourth-order valence-corrected chi connectivity index (χ4v) is 1.96. The fourth-order valence-electron chi connectivity index (χ4n) is 1.96. The lowest BCUT2D eigenvalue weighted by Gasteiger charge is -2.21. The Morgan fingerprint density at radius 3 is 2.39 bits per heavy atom. The van der Waals surface area contributed by atoms with Gasteiger partial charge in [0.2, 0.25) is 0 Å². The molecule has 1 aromatic carbocycles. The van der Waals surface area contributed by atoms with Gasteiger partial charge in [0.05, 0.1) is 18.6 Å². The summed E-state index contributed by atoms with van der Waals surface area (Å²) >= 11 is 0. The van der Waals surface area contributed by atoms with E-state index in [1.54, 1.807) is 6.92 Å². The van der Waals surface area contributed by atoms with E-state index in [0.29, 0.717) is 13.0 Å². The van der Waals surface area contributed by atoms with Crippen molar-refractivity contribution >= 4 is 5.97 Å². The van der Waals surface area contributed by atoms with E-state index in [4.69, 9.17) is 4.74 Å². The number of carbonyl (C=O) groups is 1. The molecule has 2 atom stereocenters. The summed E-state index contributed by atoms with van der Waals surface area (Å²) in [6, 6.07) is 7.60. The van der Waals surface area contributed by atoms with E-state index in [-0.39, 0.29) is 5.97 Å². The van der Waals surface area contributed by atoms with Gasteiger partial charge in [-0.1, -0.05) is 43.2 Å². The van der Waals surface area contributed by atoms with Crippen LogP contribution in [0.1, 0.15) is 43.9 Å². The maximum absolute atomic E-state index is 11.8. The summed E-state index contributed by atoms with van der Waals surface area (Å²) in [6.07, 6.45) is 0.685. The monoisotopic (exact) mass is 250 g/mol. The minimum absolute atomic E-state index is 0.313. The van der Waals surface area contributed by atoms with E-state index in [1.165, 1.54) is 0 Å². The van der Waals surface area contributed by atoms with Crippen LogP contribution in [0, 0.1) is 12.8 Å². The summed E-state index contributed by atoms with van der Waals surface area (Å²) in [6.45, 7) is 6.11. The first kappa shape index (κ1) is 14.7. The van der Waals surface area contributed by atoms with E-state index in [2.05, 4.69) is 0 Å². The number of aliphatic hydroxyl groups excluding tert-OH is 1. The van der Waals surface area contributed by atoms with Crippen LogP contribution in [-0.2, 0) is 9.53 Å². The molecule has 18 heavy (non-hydrogen) atoms. The van der Waals surface area contributed by atoms with Gasteiger partial charge in [0, 0.05) is 0 Å². The Morgan fingerprint density at radius 2 is 1.89 bits per heavy atom. The summed E-state index contributed by atoms with van der Waals surface area (Å²) in [5.41, 5.74) is 1.90. The summed E-state index contributed by atoms with van der Waals surface area (Å²) in [4.78, 5) is 11.8. The van der Waals surface area contributed by atoms with Gasteiger partial charge in [-0.25, -0.2) is 0 Å². The third kappa shape index (κ3) is 3.84. The highest BCUT2D eigenvalue weighted by atomic mass is 16.5. The number of benzene rings is 1. The number of esters is 1. The molecule has 0 saturated heterocycles. The van der Waals surface area contributed by atoms with E-state index < -0.39 is 12.0 Å². The van der Waals surface area contributed by atoms with E-state index >= 15 is 0 Å². The molecule has 0 heterocycles. The molecular weight excluding hydrogens is 228 g/mol. The fraction of sp³-hybridized carbons (Fsp3) is 0.533. The van der Waals surface area contributed by atoms with Gasteiger partial charge in [-0.15, -0.1) is 0 Å². The lowest BCUT2D eigenvalue weighted by molar-refractivity contribution is -0.152. The molecule has 0 bridgehead atoms. The quantitative estimate of drug-likeness (QED) is 0.789. The van der Waals surface area contributed by atoms with Gasteiger partial charge in [0.25, 0.3) is 0 Å². The second-order valence-electron chi connectivity index (χ2n) is 4.50. The normalized spacial score (nSPS) is 14.0. The van der Waals surface area contributed by atoms with Crippen molar-refractivity contribution < 1.29 is 14.6 Å². The van der Waals surface area contributed by atoms with Gasteiger partial charge in [-0.3, -0.25) is 4.79 Å². The van der Waals surface area contributed by atoms with Crippen LogP contribution in [0.2, 0.25) is 0 Å². The Labute approximate surface area is 109 Å². The van der Waals surface area contributed by atoms with E-state index in [0.717, 1.165) is 17.5 Å². The molecule has 2 unspecified atom stereocenters. The SMILES string of the molecule is CCCC(C(=O)OCC)C(O)c1ccc(C)cc1. The molecule has 0 aromatic heterocycles. The Balaban J connectivity index is 2.84. The standard InChI is InChI=1S/C15H22O3/c1-4-6-13(15(17)18-5-2)14(16)12-9-7-11(3)8-10-12/h7-10,13-14,16H,4-6H2,1-3H3. The summed E-state index contributed by atoms with van der Waals surface area (Å²) < 4.78 is 5.02. The smallest absolute Gasteiger partial charge is 0.311 e. The first-order valence-electron chi connectivity index (χ1n) is 6.51. The zero-order valence-corrected chi connectivity index (χ0v) is 11.3. The van der Waals surface area contributed by atoms with Crippen LogP contribution in [0.5, 0.6) is 0 Å². The third-order valence-corrected chi connectivity index (χ3v) is 2.99. The number of rotatable bonds is 6. The summed E-state index contributed by atoms with van der Waals surface area (Å²) in [5, 5.41) is 10.3. The molecule has 3 nitrogen and oxygen atoms in total. The van der Waals surface area contributed by atoms with Crippen molar-refractivity contribution in [3.8, 4) is 0 Å². The number of aliphatic hydroxyl groups is 1. The van der Waals surface area contributed by atoms with Gasteiger partial charge in [0.1, 0.15) is 0 Å². The Bertz CT molecular complexity index is 370. The molecule has 3 heteroatoms. The van der Waals surface area contributed by atoms with Crippen molar-refractivity contribution in [3.63, 3.8) is 0 Å². The molecule has 0 aliphatic carbocycles. The van der Waals surface area contributed by atoms with E-state index in [9.17, 15) is 9.90 Å². The number of hydrogen-bond acceptors (Lipinski definition) is 3. The summed E-state index contributed by atoms with van der Waals surface area (Å²) in [5.74, 6) is -0.787. The van der Waals surface area contributed by atoms with Crippen LogP contribution in [0.25, 0.3) is 0 Å². The average Bonchev–Trinajstić information content (AvgIpc) is 2.36. The van der Waals surface area contributed by atoms with Crippen LogP contribution < -0.4 is 0 Å². The highest BCUT2D eigenvalue weighted by Gasteiger charge is 2.28. The van der Waals surface area contributed by atoms with Crippen molar-refractivity contribution in [1.82, 2.24) is 0 Å². The van der Waals surface area contributed by atoms with Crippen LogP contribution in [0.4, 0.5) is 0 Å². The number of carbonyl (C=O) groups excluding carboxylic acids is 1. The van der Waals surface area contributed by atoms with Crippen molar-refractivity contribution in [1.29, 1.82) is 0 Å². The molecular formula is C15H22O3. The van der Waals surface area contributed by atoms with Crippen LogP contribution in [0.15, 0.2) is 24.3 Å². The van der Waals surface area contributed by atoms with Crippen LogP contribution in [-0.4, -0.2) is 17.7 Å². The van der Waals surface area contributed by atoms with Crippen LogP contribution >= 0.6 is 0 Å². The maximum Gasteiger partial charge on any atom is 0.311 e. The Kier molecular flexibility index (Phi) is 5.86. The Morgan fingerprint density at radius 1 is 1.28 bits per heavy atom. The van der Waals surface area contributed by atoms with Gasteiger partial charge in [-0.2, -0.15) is 0 Å². The number of hydrogen-bond donors (Lipinski definition) is 1. The highest BCUT2D eigenvalue weighted by molar-refractivity contribution is 5.73. The largest absolute Gasteiger partial charge is 0.466 e. The second-order valence-corrected chi connectivity index (χ2v) is 4.50. The van der Waals surface area contributed by atoms with Crippen molar-refractivity contribution in [3.05, 3.63) is 35.4 Å². The van der Waals surface area contributed by atoms with Crippen molar-refractivity contribution in [2.75, 3.05) is 6.61 Å². The predicted molar refractivity (Wildman–Crippen MR) is 71.2 cm³/mol. The molecule has 100 valence electrons. The molecule has 1 N–H and O–H groups in total. The van der Waals surface area contributed by atoms with Crippen molar-refractivity contribution in [2.45, 2.75) is 39.7 Å². The topological polar surface area (TPSA) is 46.5 Å². The molecule has 0 aliphatic heterocycles. The van der Waals surface area contributed by atoms with Gasteiger partial charge in [0.15, 0.2) is 0 Å². The maximum atomic E-state index is 11.8. The zero-order chi connectivity index (χ0) is 13.5. The average molecular weight is 250 g/mol. The summed E-state index contributed by atoms with van der Waals surface area (Å²) in [7, 11) is 0. The lowest BCUT2D eigenvalue weighted by atomic mass is 9.91. The van der Waals surface area contributed by atoms with Crippen molar-refractivity contribution in [2.24, 2.45) is 5.92 Å². The molecule has 0 radical (unpaired) electrons. The minimum Gasteiger partial charge on any atom is -0.466 e. The molecule has 0 amide bonds. The first-order valence-corrected chi connectivity index (χ1v) is 6.51.